The second-order valence-corrected chi connectivity index (χ2v) is 12.5. The number of likely N-dealkylation sites (N-methyl/N-ethyl adjacent to an activating group) is 1. The van der Waals surface area contributed by atoms with Gasteiger partial charge in [0.25, 0.3) is 10.0 Å². The summed E-state index contributed by atoms with van der Waals surface area (Å²) in [6.07, 6.45) is 8.31. The highest BCUT2D eigenvalue weighted by atomic mass is 35.5. The molecule has 4 heterocycles. The van der Waals surface area contributed by atoms with E-state index in [1.807, 2.05) is 39.3 Å². The van der Waals surface area contributed by atoms with Crippen molar-refractivity contribution in [2.45, 2.75) is 36.1 Å². The van der Waals surface area contributed by atoms with Crippen LogP contribution in [0.15, 0.2) is 66.1 Å². The predicted octanol–water partition coefficient (Wildman–Crippen LogP) is 4.64. The number of pyridine rings is 3. The summed E-state index contributed by atoms with van der Waals surface area (Å²) in [6, 6.07) is 12.3. The Labute approximate surface area is 251 Å². The van der Waals surface area contributed by atoms with Crippen molar-refractivity contribution in [1.29, 1.82) is 0 Å². The number of aromatic nitrogens is 3. The fourth-order valence-electron chi connectivity index (χ4n) is 5.70. The molecule has 0 atom stereocenters. The molecule has 42 heavy (non-hydrogen) atoms. The number of benzene rings is 1. The third kappa shape index (κ3) is 5.16. The minimum absolute atomic E-state index is 0. The summed E-state index contributed by atoms with van der Waals surface area (Å²) >= 11 is 0. The molecule has 1 amide bonds. The summed E-state index contributed by atoms with van der Waals surface area (Å²) < 4.78 is 34.9. The number of anilines is 2. The molecule has 4 aromatic rings. The first-order chi connectivity index (χ1) is 19.7. The van der Waals surface area contributed by atoms with Gasteiger partial charge in [0.05, 0.1) is 29.4 Å². The van der Waals surface area contributed by atoms with Gasteiger partial charge in [-0.25, -0.2) is 9.97 Å². The standard InChI is InChI=1S/C30H32N6O4S.ClH/c1-35(2)14-7-15-40-28-24(34-41(38,39)26-8-4-5-13-31-26)17-21(18-33-28)20-9-10-23-22(16-20)27-25(19-32-23)36(3)29(37)30(27)11-6-12-30;/h4-5,8-10,13,16-19,34H,6-7,11-12,14-15H2,1-3H3;1H. The number of carbonyl (C=O) groups excluding carboxylic acids is 1. The molecular weight excluding hydrogens is 576 g/mol. The second kappa shape index (κ2) is 11.5. The Balaban J connectivity index is 0.00000353. The molecular formula is C30H33ClN6O4S. The van der Waals surface area contributed by atoms with Crippen molar-refractivity contribution in [3.63, 3.8) is 0 Å². The lowest BCUT2D eigenvalue weighted by Gasteiger charge is -2.37. The van der Waals surface area contributed by atoms with Gasteiger partial charge in [0, 0.05) is 42.5 Å². The lowest BCUT2D eigenvalue weighted by Crippen LogP contribution is -2.43. The molecule has 12 heteroatoms. The summed E-state index contributed by atoms with van der Waals surface area (Å²) in [5, 5.41) is 0.827. The Morgan fingerprint density at radius 2 is 1.86 bits per heavy atom. The van der Waals surface area contributed by atoms with Crippen LogP contribution in [0.3, 0.4) is 0 Å². The van der Waals surface area contributed by atoms with Crippen molar-refractivity contribution in [3.05, 3.63) is 66.6 Å². The van der Waals surface area contributed by atoms with E-state index >= 15 is 0 Å². The van der Waals surface area contributed by atoms with Gasteiger partial charge in [0.1, 0.15) is 5.69 Å². The number of carbonyl (C=O) groups is 1. The zero-order valence-corrected chi connectivity index (χ0v) is 25.3. The van der Waals surface area contributed by atoms with E-state index in [9.17, 15) is 13.2 Å². The van der Waals surface area contributed by atoms with E-state index in [0.29, 0.717) is 12.2 Å². The topological polar surface area (TPSA) is 118 Å². The molecule has 2 aliphatic rings. The van der Waals surface area contributed by atoms with E-state index in [2.05, 4.69) is 24.6 Å². The van der Waals surface area contributed by atoms with Gasteiger partial charge in [-0.2, -0.15) is 8.42 Å². The number of rotatable bonds is 9. The number of nitrogens with zero attached hydrogens (tertiary/aromatic N) is 5. The van der Waals surface area contributed by atoms with E-state index in [4.69, 9.17) is 4.74 Å². The first kappa shape index (κ1) is 29.7. The third-order valence-corrected chi connectivity index (χ3v) is 9.22. The number of hydrogen-bond acceptors (Lipinski definition) is 8. The maximum Gasteiger partial charge on any atom is 0.279 e. The third-order valence-electron chi connectivity index (χ3n) is 7.94. The van der Waals surface area contributed by atoms with Crippen LogP contribution >= 0.6 is 12.4 Å². The van der Waals surface area contributed by atoms with Gasteiger partial charge in [-0.3, -0.25) is 14.5 Å². The molecule has 1 N–H and O–H groups in total. The Morgan fingerprint density at radius 3 is 2.55 bits per heavy atom. The molecule has 1 aliphatic carbocycles. The van der Waals surface area contributed by atoms with Crippen LogP contribution in [-0.2, 0) is 20.2 Å². The molecule has 10 nitrogen and oxygen atoms in total. The van der Waals surface area contributed by atoms with E-state index in [0.717, 1.165) is 59.9 Å². The maximum absolute atomic E-state index is 13.2. The first-order valence-electron chi connectivity index (χ1n) is 13.6. The van der Waals surface area contributed by atoms with E-state index in [1.54, 1.807) is 35.5 Å². The van der Waals surface area contributed by atoms with Crippen molar-refractivity contribution in [2.24, 2.45) is 0 Å². The average Bonchev–Trinajstić information content (AvgIpc) is 3.18. The van der Waals surface area contributed by atoms with Gasteiger partial charge in [0.2, 0.25) is 11.8 Å². The van der Waals surface area contributed by atoms with Crippen molar-refractivity contribution in [3.8, 4) is 17.0 Å². The van der Waals surface area contributed by atoms with Crippen LogP contribution in [0.25, 0.3) is 22.0 Å². The molecule has 1 fully saturated rings. The summed E-state index contributed by atoms with van der Waals surface area (Å²) in [6.45, 7) is 1.20. The average molecular weight is 609 g/mol. The molecule has 220 valence electrons. The first-order valence-corrected chi connectivity index (χ1v) is 15.1. The predicted molar refractivity (Wildman–Crippen MR) is 165 cm³/mol. The molecule has 1 saturated carbocycles. The van der Waals surface area contributed by atoms with Gasteiger partial charge in [-0.1, -0.05) is 18.6 Å². The SMILES string of the molecule is CN(C)CCCOc1ncc(-c2ccc3ncc4c(c3c2)C2(CCC2)C(=O)N4C)cc1NS(=O)(=O)c1ccccn1.Cl. The molecule has 6 rings (SSSR count). The molecule has 0 radical (unpaired) electrons. The lowest BCUT2D eigenvalue weighted by atomic mass is 9.64. The molecule has 3 aromatic heterocycles. The monoisotopic (exact) mass is 608 g/mol. The van der Waals surface area contributed by atoms with Crippen LogP contribution in [-0.4, -0.2) is 68.5 Å². The fourth-order valence-corrected chi connectivity index (χ4v) is 6.70. The number of nitrogens with one attached hydrogen (secondary N) is 1. The molecule has 1 aliphatic heterocycles. The Bertz CT molecular complexity index is 1750. The molecule has 0 saturated heterocycles. The second-order valence-electron chi connectivity index (χ2n) is 10.9. The van der Waals surface area contributed by atoms with Gasteiger partial charge in [-0.05, 0) is 69.3 Å². The maximum atomic E-state index is 13.2. The number of amides is 1. The highest BCUT2D eigenvalue weighted by Crippen LogP contribution is 2.55. The summed E-state index contributed by atoms with van der Waals surface area (Å²) in [5.74, 6) is 0.318. The van der Waals surface area contributed by atoms with Gasteiger partial charge in [-0.15, -0.1) is 12.4 Å². The lowest BCUT2D eigenvalue weighted by molar-refractivity contribution is -0.125. The van der Waals surface area contributed by atoms with Gasteiger partial charge >= 0.3 is 0 Å². The Morgan fingerprint density at radius 1 is 1.05 bits per heavy atom. The number of ether oxygens (including phenoxy) is 1. The highest BCUT2D eigenvalue weighted by molar-refractivity contribution is 7.92. The van der Waals surface area contributed by atoms with Crippen LogP contribution in [0, 0.1) is 0 Å². The number of hydrogen-bond donors (Lipinski definition) is 1. The largest absolute Gasteiger partial charge is 0.476 e. The van der Waals surface area contributed by atoms with E-state index < -0.39 is 15.4 Å². The highest BCUT2D eigenvalue weighted by Gasteiger charge is 2.54. The van der Waals surface area contributed by atoms with Crippen molar-refractivity contribution >= 4 is 50.6 Å². The molecule has 1 spiro atoms. The smallest absolute Gasteiger partial charge is 0.279 e. The Kier molecular flexibility index (Phi) is 8.10. The van der Waals surface area contributed by atoms with Crippen LogP contribution in [0.1, 0.15) is 31.2 Å². The number of fused-ring (bicyclic) bond motifs is 4. The minimum Gasteiger partial charge on any atom is -0.476 e. The normalized spacial score (nSPS) is 15.4. The molecule has 0 unspecified atom stereocenters. The number of halogens is 1. The fraction of sp³-hybridized carbons (Fsp3) is 0.333. The van der Waals surface area contributed by atoms with E-state index in [-0.39, 0.29) is 34.9 Å². The van der Waals surface area contributed by atoms with Crippen molar-refractivity contribution in [1.82, 2.24) is 19.9 Å². The van der Waals surface area contributed by atoms with Crippen LogP contribution in [0.2, 0.25) is 0 Å². The quantitative estimate of drug-likeness (QED) is 0.273. The molecule has 0 bridgehead atoms. The number of sulfonamides is 1. The van der Waals surface area contributed by atoms with Crippen LogP contribution in [0.4, 0.5) is 11.4 Å². The van der Waals surface area contributed by atoms with Crippen LogP contribution < -0.4 is 14.4 Å². The van der Waals surface area contributed by atoms with E-state index in [1.165, 1.54) is 12.3 Å². The minimum atomic E-state index is -3.99. The van der Waals surface area contributed by atoms with Crippen molar-refractivity contribution in [2.75, 3.05) is 43.9 Å². The zero-order chi connectivity index (χ0) is 28.8. The van der Waals surface area contributed by atoms with Crippen molar-refractivity contribution < 1.29 is 17.9 Å². The Hall–Kier alpha value is -3.80. The summed E-state index contributed by atoms with van der Waals surface area (Å²) in [5.41, 5.74) is 3.95. The van der Waals surface area contributed by atoms with Gasteiger partial charge in [0.15, 0.2) is 5.03 Å². The molecule has 1 aromatic carbocycles. The summed E-state index contributed by atoms with van der Waals surface area (Å²) in [7, 11) is 1.79. The zero-order valence-electron chi connectivity index (χ0n) is 23.7. The summed E-state index contributed by atoms with van der Waals surface area (Å²) in [4.78, 5) is 30.2. The van der Waals surface area contributed by atoms with Gasteiger partial charge < -0.3 is 14.5 Å². The van der Waals surface area contributed by atoms with Crippen LogP contribution in [0.5, 0.6) is 5.88 Å².